The number of amides is 1. The van der Waals surface area contributed by atoms with E-state index in [1.165, 1.54) is 0 Å². The number of carbonyl (C=O) groups is 1. The second-order valence-corrected chi connectivity index (χ2v) is 5.34. The molecule has 92 valence electrons. The molecule has 0 aromatic carbocycles. The molecule has 0 rings (SSSR count). The van der Waals surface area contributed by atoms with Gasteiger partial charge in [-0.3, -0.25) is 4.79 Å². The van der Waals surface area contributed by atoms with E-state index in [-0.39, 0.29) is 17.4 Å². The van der Waals surface area contributed by atoms with Crippen LogP contribution >= 0.6 is 0 Å². The molecule has 0 saturated carbocycles. The predicted octanol–water partition coefficient (Wildman–Crippen LogP) is 1.62. The maximum Gasteiger partial charge on any atom is 0.224 e. The Morgan fingerprint density at radius 1 is 1.50 bits per heavy atom. The predicted molar refractivity (Wildman–Crippen MR) is 67.8 cm³/mol. The van der Waals surface area contributed by atoms with Crippen molar-refractivity contribution in [1.29, 1.82) is 0 Å². The molecule has 0 aliphatic carbocycles. The lowest BCUT2D eigenvalue weighted by atomic mass is 9.87. The summed E-state index contributed by atoms with van der Waals surface area (Å²) in [6.07, 6.45) is 6.42. The summed E-state index contributed by atoms with van der Waals surface area (Å²) < 4.78 is 0. The van der Waals surface area contributed by atoms with E-state index in [0.29, 0.717) is 19.5 Å². The molecule has 0 aliphatic rings. The first-order valence-electron chi connectivity index (χ1n) is 5.77. The summed E-state index contributed by atoms with van der Waals surface area (Å²) in [6.45, 7) is 9.30. The number of terminal acetylenes is 1. The van der Waals surface area contributed by atoms with E-state index < -0.39 is 0 Å². The average molecular weight is 224 g/mol. The highest BCUT2D eigenvalue weighted by Gasteiger charge is 2.20. The Bertz CT molecular complexity index is 260. The lowest BCUT2D eigenvalue weighted by Crippen LogP contribution is -2.37. The van der Waals surface area contributed by atoms with Gasteiger partial charge in [0, 0.05) is 19.0 Å². The molecule has 0 aromatic heterocycles. The van der Waals surface area contributed by atoms with Crippen LogP contribution in [0.3, 0.4) is 0 Å². The molecular formula is C13H24N2O. The Hall–Kier alpha value is -1.01. The number of nitrogens with zero attached hydrogens (tertiary/aromatic N) is 1. The van der Waals surface area contributed by atoms with Crippen LogP contribution in [0.15, 0.2) is 0 Å². The minimum absolute atomic E-state index is 0.0530. The monoisotopic (exact) mass is 224 g/mol. The minimum atomic E-state index is -0.0840. The highest BCUT2D eigenvalue weighted by Crippen LogP contribution is 2.21. The Kier molecular flexibility index (Phi) is 6.13. The standard InChI is InChI=1S/C13H24N2O/c1-6-8-15(7-2)12(16)9-11(14)10-13(3,4)5/h1,11H,7-10,14H2,2-5H3. The molecule has 1 amide bonds. The molecule has 0 saturated heterocycles. The van der Waals surface area contributed by atoms with Gasteiger partial charge in [-0.2, -0.15) is 0 Å². The zero-order valence-corrected chi connectivity index (χ0v) is 10.9. The quantitative estimate of drug-likeness (QED) is 0.721. The third kappa shape index (κ3) is 6.47. The first-order valence-corrected chi connectivity index (χ1v) is 5.77. The Labute approximate surface area is 99.4 Å². The van der Waals surface area contributed by atoms with Crippen molar-refractivity contribution >= 4 is 5.91 Å². The van der Waals surface area contributed by atoms with Crippen LogP contribution in [0.4, 0.5) is 0 Å². The molecule has 0 heterocycles. The molecule has 1 atom stereocenters. The second-order valence-electron chi connectivity index (χ2n) is 5.34. The molecule has 0 aromatic rings. The lowest BCUT2D eigenvalue weighted by molar-refractivity contribution is -0.130. The van der Waals surface area contributed by atoms with Crippen molar-refractivity contribution in [2.75, 3.05) is 13.1 Å². The molecule has 0 fully saturated rings. The van der Waals surface area contributed by atoms with Crippen LogP contribution in [0.1, 0.15) is 40.5 Å². The third-order valence-corrected chi connectivity index (χ3v) is 2.33. The van der Waals surface area contributed by atoms with E-state index in [9.17, 15) is 4.79 Å². The molecule has 3 nitrogen and oxygen atoms in total. The van der Waals surface area contributed by atoms with Crippen molar-refractivity contribution < 1.29 is 4.79 Å². The van der Waals surface area contributed by atoms with Gasteiger partial charge in [0.1, 0.15) is 0 Å². The van der Waals surface area contributed by atoms with Gasteiger partial charge in [0.15, 0.2) is 0 Å². The van der Waals surface area contributed by atoms with Gasteiger partial charge < -0.3 is 10.6 Å². The molecular weight excluding hydrogens is 200 g/mol. The molecule has 2 N–H and O–H groups in total. The van der Waals surface area contributed by atoms with Crippen molar-refractivity contribution in [3.05, 3.63) is 0 Å². The summed E-state index contributed by atoms with van der Waals surface area (Å²) in [4.78, 5) is 13.5. The molecule has 3 heteroatoms. The van der Waals surface area contributed by atoms with Gasteiger partial charge in [0.2, 0.25) is 5.91 Å². The fraction of sp³-hybridized carbons (Fsp3) is 0.769. The van der Waals surface area contributed by atoms with Crippen LogP contribution < -0.4 is 5.73 Å². The van der Waals surface area contributed by atoms with Gasteiger partial charge in [-0.15, -0.1) is 6.42 Å². The minimum Gasteiger partial charge on any atom is -0.332 e. The Morgan fingerprint density at radius 2 is 2.06 bits per heavy atom. The Morgan fingerprint density at radius 3 is 2.44 bits per heavy atom. The van der Waals surface area contributed by atoms with Crippen molar-refractivity contribution in [3.63, 3.8) is 0 Å². The van der Waals surface area contributed by atoms with Gasteiger partial charge in [-0.1, -0.05) is 26.7 Å². The second kappa shape index (κ2) is 6.55. The third-order valence-electron chi connectivity index (χ3n) is 2.33. The fourth-order valence-electron chi connectivity index (χ4n) is 1.70. The summed E-state index contributed by atoms with van der Waals surface area (Å²) in [5.74, 6) is 2.54. The summed E-state index contributed by atoms with van der Waals surface area (Å²) in [5, 5.41) is 0. The molecule has 0 radical (unpaired) electrons. The zero-order chi connectivity index (χ0) is 12.8. The number of hydrogen-bond donors (Lipinski definition) is 1. The van der Waals surface area contributed by atoms with Gasteiger partial charge in [0.05, 0.1) is 6.54 Å². The van der Waals surface area contributed by atoms with Crippen molar-refractivity contribution in [1.82, 2.24) is 4.90 Å². The number of hydrogen-bond acceptors (Lipinski definition) is 2. The van der Waals surface area contributed by atoms with E-state index >= 15 is 0 Å². The summed E-state index contributed by atoms with van der Waals surface area (Å²) in [7, 11) is 0. The van der Waals surface area contributed by atoms with Gasteiger partial charge >= 0.3 is 0 Å². The van der Waals surface area contributed by atoms with Crippen LogP contribution in [-0.4, -0.2) is 29.9 Å². The topological polar surface area (TPSA) is 46.3 Å². The van der Waals surface area contributed by atoms with E-state index in [2.05, 4.69) is 26.7 Å². The largest absolute Gasteiger partial charge is 0.332 e. The van der Waals surface area contributed by atoms with Crippen molar-refractivity contribution in [3.8, 4) is 12.3 Å². The van der Waals surface area contributed by atoms with Crippen molar-refractivity contribution in [2.45, 2.75) is 46.6 Å². The Balaban J connectivity index is 4.18. The van der Waals surface area contributed by atoms with Crippen LogP contribution in [0.5, 0.6) is 0 Å². The molecule has 0 aliphatic heterocycles. The smallest absolute Gasteiger partial charge is 0.224 e. The van der Waals surface area contributed by atoms with Crippen LogP contribution in [0.25, 0.3) is 0 Å². The number of carbonyl (C=O) groups excluding carboxylic acids is 1. The van der Waals surface area contributed by atoms with Gasteiger partial charge in [0.25, 0.3) is 0 Å². The lowest BCUT2D eigenvalue weighted by Gasteiger charge is -2.25. The van der Waals surface area contributed by atoms with Crippen LogP contribution in [0, 0.1) is 17.8 Å². The number of rotatable bonds is 5. The average Bonchev–Trinajstić information content (AvgIpc) is 2.10. The summed E-state index contributed by atoms with van der Waals surface area (Å²) in [6, 6.07) is -0.0840. The molecule has 0 bridgehead atoms. The first kappa shape index (κ1) is 15.0. The zero-order valence-electron chi connectivity index (χ0n) is 10.9. The molecule has 1 unspecified atom stereocenters. The first-order chi connectivity index (χ1) is 7.30. The van der Waals surface area contributed by atoms with Crippen LogP contribution in [-0.2, 0) is 4.79 Å². The summed E-state index contributed by atoms with van der Waals surface area (Å²) in [5.41, 5.74) is 6.11. The van der Waals surface area contributed by atoms with E-state index in [4.69, 9.17) is 12.2 Å². The highest BCUT2D eigenvalue weighted by atomic mass is 16.2. The summed E-state index contributed by atoms with van der Waals surface area (Å²) >= 11 is 0. The van der Waals surface area contributed by atoms with Gasteiger partial charge in [-0.25, -0.2) is 0 Å². The number of nitrogens with two attached hydrogens (primary N) is 1. The molecule has 16 heavy (non-hydrogen) atoms. The maximum atomic E-state index is 11.8. The fourth-order valence-corrected chi connectivity index (χ4v) is 1.70. The maximum absolute atomic E-state index is 11.8. The van der Waals surface area contributed by atoms with Gasteiger partial charge in [-0.05, 0) is 18.8 Å². The normalized spacial score (nSPS) is 13.0. The van der Waals surface area contributed by atoms with Crippen molar-refractivity contribution in [2.24, 2.45) is 11.1 Å². The molecule has 0 spiro atoms. The SMILES string of the molecule is C#CCN(CC)C(=O)CC(N)CC(C)(C)C. The van der Waals surface area contributed by atoms with E-state index in [0.717, 1.165) is 6.42 Å². The van der Waals surface area contributed by atoms with Crippen LogP contribution in [0.2, 0.25) is 0 Å². The highest BCUT2D eigenvalue weighted by molar-refractivity contribution is 5.77. The van der Waals surface area contributed by atoms with E-state index in [1.54, 1.807) is 4.90 Å². The van der Waals surface area contributed by atoms with E-state index in [1.807, 2.05) is 6.92 Å².